The Hall–Kier alpha value is -2.53. The van der Waals surface area contributed by atoms with Gasteiger partial charge in [-0.15, -0.1) is 0 Å². The zero-order valence-electron chi connectivity index (χ0n) is 13.5. The number of thiol groups is 1. The number of aryl methyl sites for hydroxylation is 1. The molecule has 1 heterocycles. The summed E-state index contributed by atoms with van der Waals surface area (Å²) < 4.78 is 5.52. The third kappa shape index (κ3) is 4.73. The largest absolute Gasteiger partial charge is 0.480 e. The fourth-order valence-corrected chi connectivity index (χ4v) is 1.96. The second-order valence-corrected chi connectivity index (χ2v) is 6.05. The summed E-state index contributed by atoms with van der Waals surface area (Å²) in [5.74, 6) is -0.0576. The van der Waals surface area contributed by atoms with Crippen molar-refractivity contribution in [3.8, 4) is 22.6 Å². The third-order valence-electron chi connectivity index (χ3n) is 3.29. The molecule has 1 atom stereocenters. The van der Waals surface area contributed by atoms with Gasteiger partial charge in [0.1, 0.15) is 5.69 Å². The molecule has 124 valence electrons. The summed E-state index contributed by atoms with van der Waals surface area (Å²) >= 11 is 3.59. The molecule has 0 saturated heterocycles. The van der Waals surface area contributed by atoms with Crippen LogP contribution in [-0.4, -0.2) is 21.3 Å². The molecule has 0 amide bonds. The molecule has 0 aliphatic rings. The lowest BCUT2D eigenvalue weighted by molar-refractivity contribution is -0.136. The molecule has 2 aromatic carbocycles. The van der Waals surface area contributed by atoms with Crippen molar-refractivity contribution >= 4 is 18.6 Å². The SMILES string of the molecule is CC(S)C(=O)O.Cc1ccc(-c2ncoc2-c2ccccc2)cc1. The van der Waals surface area contributed by atoms with E-state index in [1.807, 2.05) is 30.3 Å². The maximum Gasteiger partial charge on any atom is 0.316 e. The average Bonchev–Trinajstić information content (AvgIpc) is 3.06. The van der Waals surface area contributed by atoms with Crippen LogP contribution in [0.15, 0.2) is 65.4 Å². The van der Waals surface area contributed by atoms with Crippen molar-refractivity contribution < 1.29 is 14.3 Å². The second-order valence-electron chi connectivity index (χ2n) is 5.28. The Morgan fingerprint density at radius 3 is 2.21 bits per heavy atom. The molecule has 3 rings (SSSR count). The van der Waals surface area contributed by atoms with Gasteiger partial charge in [0, 0.05) is 11.1 Å². The summed E-state index contributed by atoms with van der Waals surface area (Å²) in [6, 6.07) is 18.3. The van der Waals surface area contributed by atoms with Crippen LogP contribution >= 0.6 is 12.6 Å². The van der Waals surface area contributed by atoms with Gasteiger partial charge in [0.2, 0.25) is 0 Å². The molecule has 0 bridgehead atoms. The van der Waals surface area contributed by atoms with Gasteiger partial charge in [0.25, 0.3) is 0 Å². The summed E-state index contributed by atoms with van der Waals surface area (Å²) in [7, 11) is 0. The number of carboxylic acids is 1. The van der Waals surface area contributed by atoms with Gasteiger partial charge in [-0.05, 0) is 13.8 Å². The molecule has 1 aromatic heterocycles. The molecule has 0 aliphatic carbocycles. The van der Waals surface area contributed by atoms with E-state index in [-0.39, 0.29) is 0 Å². The minimum atomic E-state index is -0.877. The first-order chi connectivity index (χ1) is 11.5. The Morgan fingerprint density at radius 1 is 1.08 bits per heavy atom. The first kappa shape index (κ1) is 17.8. The number of carboxylic acid groups (broad SMARTS) is 1. The van der Waals surface area contributed by atoms with E-state index in [9.17, 15) is 4.79 Å². The standard InChI is InChI=1S/C16H13NO.C3H6O2S/c1-12-7-9-13(10-8-12)15-16(18-11-17-15)14-5-3-2-4-6-14;1-2(6)3(4)5/h2-11H,1H3;2,6H,1H3,(H,4,5). The lowest BCUT2D eigenvalue weighted by Gasteiger charge is -2.02. The van der Waals surface area contributed by atoms with Gasteiger partial charge in [-0.3, -0.25) is 4.79 Å². The number of rotatable bonds is 3. The molecular weight excluding hydrogens is 322 g/mol. The Kier molecular flexibility index (Phi) is 6.21. The lowest BCUT2D eigenvalue weighted by Crippen LogP contribution is -2.06. The Balaban J connectivity index is 0.000000301. The van der Waals surface area contributed by atoms with Crippen LogP contribution in [0.5, 0.6) is 0 Å². The van der Waals surface area contributed by atoms with Crippen LogP contribution in [0.25, 0.3) is 22.6 Å². The van der Waals surface area contributed by atoms with E-state index >= 15 is 0 Å². The summed E-state index contributed by atoms with van der Waals surface area (Å²) in [6.07, 6.45) is 1.50. The highest BCUT2D eigenvalue weighted by Gasteiger charge is 2.11. The van der Waals surface area contributed by atoms with Gasteiger partial charge in [0.15, 0.2) is 12.2 Å². The van der Waals surface area contributed by atoms with Crippen molar-refractivity contribution in [1.29, 1.82) is 0 Å². The van der Waals surface area contributed by atoms with Gasteiger partial charge >= 0.3 is 5.97 Å². The highest BCUT2D eigenvalue weighted by Crippen LogP contribution is 2.30. The van der Waals surface area contributed by atoms with Gasteiger partial charge in [-0.2, -0.15) is 12.6 Å². The normalized spacial score (nSPS) is 11.3. The highest BCUT2D eigenvalue weighted by molar-refractivity contribution is 7.81. The molecule has 0 saturated carbocycles. The summed E-state index contributed by atoms with van der Waals surface area (Å²) in [5, 5.41) is 7.38. The molecular formula is C19H19NO3S. The number of hydrogen-bond acceptors (Lipinski definition) is 4. The number of aromatic nitrogens is 1. The molecule has 5 heteroatoms. The molecule has 4 nitrogen and oxygen atoms in total. The topological polar surface area (TPSA) is 63.3 Å². The van der Waals surface area contributed by atoms with E-state index in [1.165, 1.54) is 18.9 Å². The molecule has 3 aromatic rings. The highest BCUT2D eigenvalue weighted by atomic mass is 32.1. The minimum absolute atomic E-state index is 0.537. The van der Waals surface area contributed by atoms with Gasteiger partial charge in [-0.1, -0.05) is 60.2 Å². The van der Waals surface area contributed by atoms with Crippen LogP contribution in [0, 0.1) is 6.92 Å². The fraction of sp³-hybridized carbons (Fsp3) is 0.158. The van der Waals surface area contributed by atoms with E-state index in [0.29, 0.717) is 0 Å². The molecule has 24 heavy (non-hydrogen) atoms. The van der Waals surface area contributed by atoms with E-state index in [0.717, 1.165) is 22.6 Å². The quantitative estimate of drug-likeness (QED) is 0.678. The fourth-order valence-electron chi connectivity index (χ4n) is 1.96. The predicted octanol–water partition coefficient (Wildman–Crippen LogP) is 4.71. The molecule has 0 spiro atoms. The summed E-state index contributed by atoms with van der Waals surface area (Å²) in [6.45, 7) is 3.58. The van der Waals surface area contributed by atoms with Gasteiger partial charge < -0.3 is 9.52 Å². The van der Waals surface area contributed by atoms with Crippen molar-refractivity contribution in [2.75, 3.05) is 0 Å². The van der Waals surface area contributed by atoms with Crippen LogP contribution in [0.3, 0.4) is 0 Å². The number of oxazole rings is 1. The van der Waals surface area contributed by atoms with E-state index in [1.54, 1.807) is 0 Å². The van der Waals surface area contributed by atoms with Crippen molar-refractivity contribution in [2.24, 2.45) is 0 Å². The number of carbonyl (C=O) groups is 1. The summed E-state index contributed by atoms with van der Waals surface area (Å²) in [4.78, 5) is 13.9. The Labute approximate surface area is 146 Å². The molecule has 0 aliphatic heterocycles. The van der Waals surface area contributed by atoms with E-state index in [4.69, 9.17) is 9.52 Å². The predicted molar refractivity (Wildman–Crippen MR) is 98.2 cm³/mol. The number of hydrogen-bond donors (Lipinski definition) is 2. The van der Waals surface area contributed by atoms with Crippen molar-refractivity contribution in [1.82, 2.24) is 4.98 Å². The molecule has 1 N–H and O–H groups in total. The van der Waals surface area contributed by atoms with E-state index in [2.05, 4.69) is 48.8 Å². The number of aliphatic carboxylic acids is 1. The Bertz CT molecular complexity index is 780. The molecule has 0 radical (unpaired) electrons. The van der Waals surface area contributed by atoms with Crippen LogP contribution in [0.1, 0.15) is 12.5 Å². The first-order valence-corrected chi connectivity index (χ1v) is 7.97. The minimum Gasteiger partial charge on any atom is -0.480 e. The van der Waals surface area contributed by atoms with Crippen molar-refractivity contribution in [3.05, 3.63) is 66.6 Å². The lowest BCUT2D eigenvalue weighted by atomic mass is 10.0. The van der Waals surface area contributed by atoms with Gasteiger partial charge in [-0.25, -0.2) is 4.98 Å². The van der Waals surface area contributed by atoms with Crippen LogP contribution < -0.4 is 0 Å². The molecule has 0 fully saturated rings. The average molecular weight is 341 g/mol. The maximum atomic E-state index is 9.62. The number of nitrogens with zero attached hydrogens (tertiary/aromatic N) is 1. The number of benzene rings is 2. The maximum absolute atomic E-state index is 9.62. The van der Waals surface area contributed by atoms with E-state index < -0.39 is 11.2 Å². The second kappa shape index (κ2) is 8.36. The van der Waals surface area contributed by atoms with Crippen LogP contribution in [0.4, 0.5) is 0 Å². The summed E-state index contributed by atoms with van der Waals surface area (Å²) in [5.41, 5.74) is 4.25. The van der Waals surface area contributed by atoms with Crippen molar-refractivity contribution in [2.45, 2.75) is 19.1 Å². The third-order valence-corrected chi connectivity index (χ3v) is 3.51. The monoisotopic (exact) mass is 341 g/mol. The zero-order valence-corrected chi connectivity index (χ0v) is 14.4. The van der Waals surface area contributed by atoms with Crippen LogP contribution in [-0.2, 0) is 4.79 Å². The van der Waals surface area contributed by atoms with Crippen molar-refractivity contribution in [3.63, 3.8) is 0 Å². The zero-order chi connectivity index (χ0) is 17.5. The van der Waals surface area contributed by atoms with Crippen LogP contribution in [0.2, 0.25) is 0 Å². The van der Waals surface area contributed by atoms with Gasteiger partial charge in [0.05, 0.1) is 5.25 Å². The Morgan fingerprint density at radius 2 is 1.67 bits per heavy atom. The smallest absolute Gasteiger partial charge is 0.316 e. The first-order valence-electron chi connectivity index (χ1n) is 7.46. The molecule has 1 unspecified atom stereocenters.